The van der Waals surface area contributed by atoms with Crippen LogP contribution in [0.5, 0.6) is 0 Å². The van der Waals surface area contributed by atoms with Crippen LogP contribution in [0.3, 0.4) is 0 Å². The maximum atomic E-state index is 13.4. The van der Waals surface area contributed by atoms with E-state index in [1.165, 1.54) is 6.42 Å². The highest BCUT2D eigenvalue weighted by molar-refractivity contribution is 8.07. The van der Waals surface area contributed by atoms with Gasteiger partial charge in [0.15, 0.2) is 0 Å². The molecule has 0 bridgehead atoms. The van der Waals surface area contributed by atoms with Gasteiger partial charge in [-0.1, -0.05) is 44.2 Å². The van der Waals surface area contributed by atoms with Crippen molar-refractivity contribution in [2.24, 2.45) is 0 Å². The fourth-order valence-corrected chi connectivity index (χ4v) is 5.61. The first-order chi connectivity index (χ1) is 12.7. The second-order valence-electron chi connectivity index (χ2n) is 6.34. The minimum absolute atomic E-state index is 0.0955. The largest absolute Gasteiger partial charge is 0.320 e. The van der Waals surface area contributed by atoms with Gasteiger partial charge in [-0.3, -0.25) is 4.79 Å². The van der Waals surface area contributed by atoms with Crippen LogP contribution < -0.4 is 5.32 Å². The van der Waals surface area contributed by atoms with Gasteiger partial charge in [-0.2, -0.15) is 0 Å². The van der Waals surface area contributed by atoms with E-state index in [1.807, 2.05) is 57.8 Å². The van der Waals surface area contributed by atoms with Gasteiger partial charge in [-0.05, 0) is 32.4 Å². The van der Waals surface area contributed by atoms with Gasteiger partial charge in [0.2, 0.25) is 0 Å². The van der Waals surface area contributed by atoms with E-state index in [-0.39, 0.29) is 11.9 Å². The number of amides is 1. The second kappa shape index (κ2) is 8.55. The van der Waals surface area contributed by atoms with Crippen molar-refractivity contribution in [3.63, 3.8) is 0 Å². The molecule has 0 aliphatic carbocycles. The second-order valence-corrected chi connectivity index (χ2v) is 8.91. The Morgan fingerprint density at radius 1 is 1.27 bits per heavy atom. The zero-order valence-electron chi connectivity index (χ0n) is 15.9. The van der Waals surface area contributed by atoms with Crippen molar-refractivity contribution in [3.05, 3.63) is 41.0 Å². The summed E-state index contributed by atoms with van der Waals surface area (Å²) in [7, 11) is 1.96. The lowest BCUT2D eigenvalue weighted by Crippen LogP contribution is -2.50. The zero-order chi connectivity index (χ0) is 18.7. The molecule has 0 saturated carbocycles. The summed E-state index contributed by atoms with van der Waals surface area (Å²) in [5, 5.41) is 5.16. The monoisotopic (exact) mass is 389 g/mol. The summed E-state index contributed by atoms with van der Waals surface area (Å²) in [5.41, 5.74) is 1.70. The van der Waals surface area contributed by atoms with Crippen LogP contribution in [0.2, 0.25) is 0 Å². The molecule has 1 amide bonds. The van der Waals surface area contributed by atoms with Crippen molar-refractivity contribution >= 4 is 29.0 Å². The van der Waals surface area contributed by atoms with Gasteiger partial charge < -0.3 is 10.2 Å². The summed E-state index contributed by atoms with van der Waals surface area (Å²) in [4.78, 5) is 21.1. The van der Waals surface area contributed by atoms with Gasteiger partial charge >= 0.3 is 0 Å². The number of benzene rings is 1. The van der Waals surface area contributed by atoms with Crippen LogP contribution in [-0.2, 0) is 0 Å². The average molecular weight is 390 g/mol. The number of carbonyl (C=O) groups is 1. The number of aromatic nitrogens is 1. The first-order valence-corrected chi connectivity index (χ1v) is 11.1. The van der Waals surface area contributed by atoms with Crippen molar-refractivity contribution in [3.8, 4) is 10.4 Å². The molecule has 1 aromatic carbocycles. The number of hydrogen-bond acceptors (Lipinski definition) is 5. The lowest BCUT2D eigenvalue weighted by atomic mass is 10.0. The molecule has 1 N–H and O–H groups in total. The van der Waals surface area contributed by atoms with Crippen molar-refractivity contribution in [1.29, 1.82) is 0 Å². The van der Waals surface area contributed by atoms with Crippen LogP contribution >= 0.6 is 23.1 Å². The predicted octanol–water partition coefficient (Wildman–Crippen LogP) is 4.41. The molecule has 4 rings (SSSR count). The van der Waals surface area contributed by atoms with Crippen LogP contribution in [0.15, 0.2) is 30.3 Å². The summed E-state index contributed by atoms with van der Waals surface area (Å²) in [6.45, 7) is 6.82. The van der Waals surface area contributed by atoms with E-state index in [1.54, 1.807) is 11.3 Å². The number of nitrogens with one attached hydrogen (secondary N) is 1. The molecule has 2 saturated heterocycles. The van der Waals surface area contributed by atoms with Crippen LogP contribution in [-0.4, -0.2) is 46.0 Å². The standard InChI is InChI=1S/C18H21N3OS2.C2H6/c1-11-20-15(16(23-11)12-6-4-3-5-7-12)17(22)21-13(10-19-2)8-9-14-18(21)24-14;1-2/h3-7,13-14,18-19H,8-10H2,1-2H3;1-2H3/t13?,14-,18-;/m1./s1. The van der Waals surface area contributed by atoms with Gasteiger partial charge in [0.25, 0.3) is 5.91 Å². The number of thiazole rings is 1. The minimum Gasteiger partial charge on any atom is -0.320 e. The third-order valence-corrected chi connectivity index (χ3v) is 7.04. The summed E-state index contributed by atoms with van der Waals surface area (Å²) in [6.07, 6.45) is 2.29. The van der Waals surface area contributed by atoms with Crippen LogP contribution in [0, 0.1) is 6.92 Å². The van der Waals surface area contributed by atoms with Crippen molar-refractivity contribution in [1.82, 2.24) is 15.2 Å². The van der Waals surface area contributed by atoms with E-state index in [4.69, 9.17) is 0 Å². The summed E-state index contributed by atoms with van der Waals surface area (Å²) in [5.74, 6) is 0.0955. The number of thioether (sulfide) groups is 1. The van der Waals surface area contributed by atoms with Gasteiger partial charge in [0.1, 0.15) is 5.69 Å². The van der Waals surface area contributed by atoms with E-state index < -0.39 is 0 Å². The van der Waals surface area contributed by atoms with Crippen molar-refractivity contribution < 1.29 is 4.79 Å². The third-order valence-electron chi connectivity index (χ3n) is 4.65. The molecular weight excluding hydrogens is 362 g/mol. The van der Waals surface area contributed by atoms with Crippen LogP contribution in [0.25, 0.3) is 10.4 Å². The Balaban J connectivity index is 0.000000948. The van der Waals surface area contributed by atoms with E-state index in [0.717, 1.165) is 28.4 Å². The Bertz CT molecular complexity index is 747. The first kappa shape index (κ1) is 19.4. The Morgan fingerprint density at radius 3 is 2.69 bits per heavy atom. The highest BCUT2D eigenvalue weighted by atomic mass is 32.2. The summed E-state index contributed by atoms with van der Waals surface area (Å²) < 4.78 is 0. The maximum absolute atomic E-state index is 13.4. The Hall–Kier alpha value is -1.37. The molecule has 0 spiro atoms. The Labute approximate surface area is 164 Å². The van der Waals surface area contributed by atoms with Crippen LogP contribution in [0.4, 0.5) is 0 Å². The molecule has 2 fully saturated rings. The molecule has 3 heterocycles. The number of hydrogen-bond donors (Lipinski definition) is 1. The lowest BCUT2D eigenvalue weighted by molar-refractivity contribution is 0.0618. The SMILES string of the molecule is CC.CNCC1CC[C@H]2S[C@H]2N1C(=O)c1nc(C)sc1-c1ccccc1. The number of fused-ring (bicyclic) bond motifs is 1. The molecule has 2 aliphatic heterocycles. The highest BCUT2D eigenvalue weighted by Gasteiger charge is 2.51. The first-order valence-electron chi connectivity index (χ1n) is 9.34. The number of carbonyl (C=O) groups excluding carboxylic acids is 1. The highest BCUT2D eigenvalue weighted by Crippen LogP contribution is 2.51. The fourth-order valence-electron chi connectivity index (χ4n) is 3.49. The molecule has 3 atom stereocenters. The molecule has 2 aromatic rings. The van der Waals surface area contributed by atoms with Gasteiger partial charge in [0, 0.05) is 17.8 Å². The van der Waals surface area contributed by atoms with Gasteiger partial charge in [-0.15, -0.1) is 23.1 Å². The third kappa shape index (κ3) is 3.82. The Morgan fingerprint density at radius 2 is 2.00 bits per heavy atom. The number of piperidine rings is 1. The van der Waals surface area contributed by atoms with Gasteiger partial charge in [-0.25, -0.2) is 4.98 Å². The van der Waals surface area contributed by atoms with E-state index >= 15 is 0 Å². The average Bonchev–Trinajstić information content (AvgIpc) is 3.36. The number of rotatable bonds is 4. The topological polar surface area (TPSA) is 45.2 Å². The smallest absolute Gasteiger partial charge is 0.275 e. The minimum atomic E-state index is 0.0955. The Kier molecular flexibility index (Phi) is 6.37. The predicted molar refractivity (Wildman–Crippen MR) is 112 cm³/mol. The molecule has 4 nitrogen and oxygen atoms in total. The zero-order valence-corrected chi connectivity index (χ0v) is 17.5. The normalized spacial score (nSPS) is 23.7. The number of aryl methyl sites for hydroxylation is 1. The molecule has 26 heavy (non-hydrogen) atoms. The van der Waals surface area contributed by atoms with E-state index in [2.05, 4.69) is 27.3 Å². The van der Waals surface area contributed by atoms with Gasteiger partial charge in [0.05, 0.1) is 15.3 Å². The maximum Gasteiger partial charge on any atom is 0.275 e. The molecular formula is C20H27N3OS2. The molecule has 0 radical (unpaired) electrons. The molecule has 1 unspecified atom stereocenters. The summed E-state index contributed by atoms with van der Waals surface area (Å²) in [6, 6.07) is 10.4. The van der Waals surface area contributed by atoms with E-state index in [9.17, 15) is 4.79 Å². The molecule has 2 aliphatic rings. The van der Waals surface area contributed by atoms with Crippen molar-refractivity contribution in [2.45, 2.75) is 50.3 Å². The lowest BCUT2D eigenvalue weighted by Gasteiger charge is -2.34. The molecule has 1 aromatic heterocycles. The van der Waals surface area contributed by atoms with Crippen LogP contribution in [0.1, 0.15) is 42.2 Å². The number of nitrogens with zero attached hydrogens (tertiary/aromatic N) is 2. The number of likely N-dealkylation sites (tertiary alicyclic amines) is 1. The fraction of sp³-hybridized carbons (Fsp3) is 0.500. The van der Waals surface area contributed by atoms with E-state index in [0.29, 0.717) is 16.3 Å². The molecule has 140 valence electrons. The van der Waals surface area contributed by atoms with Crippen molar-refractivity contribution in [2.75, 3.05) is 13.6 Å². The number of likely N-dealkylation sites (N-methyl/N-ethyl adjacent to an activating group) is 1. The summed E-state index contributed by atoms with van der Waals surface area (Å²) >= 11 is 3.53. The quantitative estimate of drug-likeness (QED) is 0.787. The molecule has 6 heteroatoms.